The van der Waals surface area contributed by atoms with Crippen LogP contribution in [0, 0.1) is 5.92 Å². The number of nitrogens with two attached hydrogens (primary N) is 1. The van der Waals surface area contributed by atoms with Crippen LogP contribution in [0.5, 0.6) is 0 Å². The van der Waals surface area contributed by atoms with Gasteiger partial charge in [0.2, 0.25) is 5.95 Å². The maximum atomic E-state index is 12.6. The summed E-state index contributed by atoms with van der Waals surface area (Å²) in [6.07, 6.45) is -0.610. The summed E-state index contributed by atoms with van der Waals surface area (Å²) in [6, 6.07) is 12.7. The number of esters is 1. The highest BCUT2D eigenvalue weighted by molar-refractivity contribution is 7.99. The lowest BCUT2D eigenvalue weighted by Gasteiger charge is -2.24. The molecule has 0 saturated heterocycles. The van der Waals surface area contributed by atoms with E-state index in [-0.39, 0.29) is 0 Å². The van der Waals surface area contributed by atoms with Crippen LogP contribution in [0.15, 0.2) is 52.3 Å². The molecule has 0 radical (unpaired) electrons. The van der Waals surface area contributed by atoms with E-state index in [1.807, 2.05) is 30.3 Å². The number of nitrogens with zero attached hydrogens (tertiary/aromatic N) is 2. The van der Waals surface area contributed by atoms with Crippen molar-refractivity contribution in [1.29, 1.82) is 0 Å². The molecule has 11 heteroatoms. The maximum Gasteiger partial charge on any atom is 0.413 e. The smallest absolute Gasteiger partial charge is 0.413 e. The summed E-state index contributed by atoms with van der Waals surface area (Å²) in [5.74, 6) is 4.05. The molecule has 0 aliphatic heterocycles. The Morgan fingerprint density at radius 3 is 2.38 bits per heavy atom. The van der Waals surface area contributed by atoms with E-state index in [1.54, 1.807) is 32.9 Å². The SMILES string of the molecule is COC(=O)Nc1nc2ccc(Sc3ccc(N(N)C(=O)C(C)C(=O)OC(C)(C)C)cc3)cc2[nH]1. The van der Waals surface area contributed by atoms with Crippen molar-refractivity contribution >= 4 is 52.4 Å². The molecule has 1 unspecified atom stereocenters. The van der Waals surface area contributed by atoms with E-state index in [4.69, 9.17) is 10.6 Å². The lowest BCUT2D eigenvalue weighted by atomic mass is 10.1. The van der Waals surface area contributed by atoms with Crippen molar-refractivity contribution in [2.24, 2.45) is 11.8 Å². The molecule has 2 amide bonds. The van der Waals surface area contributed by atoms with Crippen LogP contribution in [0.1, 0.15) is 27.7 Å². The van der Waals surface area contributed by atoms with Gasteiger partial charge in [-0.15, -0.1) is 0 Å². The highest BCUT2D eigenvalue weighted by Gasteiger charge is 2.30. The number of hydrazine groups is 1. The van der Waals surface area contributed by atoms with Crippen LogP contribution in [-0.2, 0) is 19.1 Å². The van der Waals surface area contributed by atoms with Crippen LogP contribution in [0.25, 0.3) is 11.0 Å². The van der Waals surface area contributed by atoms with Crippen LogP contribution in [-0.4, -0.2) is 40.6 Å². The van der Waals surface area contributed by atoms with Gasteiger partial charge >= 0.3 is 12.1 Å². The van der Waals surface area contributed by atoms with Crippen molar-refractivity contribution in [3.05, 3.63) is 42.5 Å². The monoisotopic (exact) mass is 485 g/mol. The number of hydrogen-bond donors (Lipinski definition) is 3. The number of imidazole rings is 1. The molecule has 0 bridgehead atoms. The summed E-state index contributed by atoms with van der Waals surface area (Å²) >= 11 is 1.50. The Morgan fingerprint density at radius 1 is 1.12 bits per heavy atom. The second-order valence-electron chi connectivity index (χ2n) is 8.44. The summed E-state index contributed by atoms with van der Waals surface area (Å²) < 4.78 is 9.84. The van der Waals surface area contributed by atoms with E-state index in [1.165, 1.54) is 25.8 Å². The van der Waals surface area contributed by atoms with Gasteiger partial charge in [-0.05, 0) is 70.2 Å². The van der Waals surface area contributed by atoms with E-state index in [9.17, 15) is 14.4 Å². The third-order valence-electron chi connectivity index (χ3n) is 4.58. The molecule has 3 rings (SSSR count). The van der Waals surface area contributed by atoms with E-state index in [2.05, 4.69) is 20.0 Å². The number of hydrogen-bond acceptors (Lipinski definition) is 8. The number of methoxy groups -OCH3 is 1. The molecule has 0 aliphatic carbocycles. The van der Waals surface area contributed by atoms with Crippen LogP contribution in [0.4, 0.5) is 16.4 Å². The summed E-state index contributed by atoms with van der Waals surface area (Å²) in [5, 5.41) is 3.45. The minimum atomic E-state index is -1.03. The van der Waals surface area contributed by atoms with Gasteiger partial charge in [0.1, 0.15) is 11.5 Å². The van der Waals surface area contributed by atoms with Crippen molar-refractivity contribution in [2.75, 3.05) is 17.4 Å². The standard InChI is InChI=1S/C23H27N5O5S/c1-13(20(30)33-23(2,3)4)19(29)28(24)14-6-8-15(9-7-14)34-16-10-11-17-18(12-16)26-21(25-17)27-22(31)32-5/h6-13H,24H2,1-5H3,(H2,25,26,27,31). The molecule has 0 spiro atoms. The van der Waals surface area contributed by atoms with Gasteiger partial charge in [-0.3, -0.25) is 14.9 Å². The van der Waals surface area contributed by atoms with Crippen LogP contribution >= 0.6 is 11.8 Å². The number of carbonyl (C=O) groups excluding carboxylic acids is 3. The Morgan fingerprint density at radius 2 is 1.76 bits per heavy atom. The molecule has 4 N–H and O–H groups in total. The molecule has 180 valence electrons. The van der Waals surface area contributed by atoms with Crippen molar-refractivity contribution in [1.82, 2.24) is 9.97 Å². The zero-order valence-corrected chi connectivity index (χ0v) is 20.4. The Balaban J connectivity index is 1.67. The van der Waals surface area contributed by atoms with Gasteiger partial charge in [0, 0.05) is 9.79 Å². The van der Waals surface area contributed by atoms with E-state index < -0.39 is 29.5 Å². The van der Waals surface area contributed by atoms with E-state index in [0.29, 0.717) is 17.2 Å². The van der Waals surface area contributed by atoms with Crippen molar-refractivity contribution in [3.8, 4) is 0 Å². The molecule has 10 nitrogen and oxygen atoms in total. The number of anilines is 2. The summed E-state index contributed by atoms with van der Waals surface area (Å²) in [4.78, 5) is 45.3. The molecular weight excluding hydrogens is 458 g/mol. The second-order valence-corrected chi connectivity index (χ2v) is 9.59. The van der Waals surface area contributed by atoms with Crippen molar-refractivity contribution < 1.29 is 23.9 Å². The zero-order chi connectivity index (χ0) is 25.0. The Kier molecular flexibility index (Phi) is 7.48. The number of amides is 2. The molecule has 0 aliphatic rings. The Labute approximate surface area is 201 Å². The fourth-order valence-corrected chi connectivity index (χ4v) is 3.75. The predicted octanol–water partition coefficient (Wildman–Crippen LogP) is 4.08. The highest BCUT2D eigenvalue weighted by Crippen LogP contribution is 2.31. The van der Waals surface area contributed by atoms with E-state index in [0.717, 1.165) is 20.3 Å². The quantitative estimate of drug-likeness (QED) is 0.156. The highest BCUT2D eigenvalue weighted by atomic mass is 32.2. The van der Waals surface area contributed by atoms with Crippen molar-refractivity contribution in [3.63, 3.8) is 0 Å². The average molecular weight is 486 g/mol. The number of ether oxygens (including phenoxy) is 2. The third kappa shape index (κ3) is 6.27. The number of nitrogens with one attached hydrogen (secondary N) is 2. The largest absolute Gasteiger partial charge is 0.459 e. The summed E-state index contributed by atoms with van der Waals surface area (Å²) in [7, 11) is 1.28. The molecular formula is C23H27N5O5S. The topological polar surface area (TPSA) is 140 Å². The van der Waals surface area contributed by atoms with Gasteiger partial charge in [0.25, 0.3) is 5.91 Å². The maximum absolute atomic E-state index is 12.6. The molecule has 1 atom stereocenters. The van der Waals surface area contributed by atoms with Crippen molar-refractivity contribution in [2.45, 2.75) is 43.1 Å². The molecule has 34 heavy (non-hydrogen) atoms. The molecule has 0 fully saturated rings. The number of carbonyl (C=O) groups is 3. The number of H-pyrrole nitrogens is 1. The number of rotatable bonds is 6. The molecule has 1 heterocycles. The molecule has 3 aromatic rings. The van der Waals surface area contributed by atoms with Gasteiger partial charge in [-0.1, -0.05) is 11.8 Å². The number of aromatic amines is 1. The third-order valence-corrected chi connectivity index (χ3v) is 5.58. The predicted molar refractivity (Wildman–Crippen MR) is 129 cm³/mol. The summed E-state index contributed by atoms with van der Waals surface area (Å²) in [5.41, 5.74) is 1.21. The van der Waals surface area contributed by atoms with Crippen LogP contribution in [0.3, 0.4) is 0 Å². The molecule has 2 aromatic carbocycles. The average Bonchev–Trinajstić information content (AvgIpc) is 3.18. The second kappa shape index (κ2) is 10.1. The molecule has 1 aromatic heterocycles. The fourth-order valence-electron chi connectivity index (χ4n) is 2.90. The van der Waals surface area contributed by atoms with Gasteiger partial charge < -0.3 is 14.5 Å². The summed E-state index contributed by atoms with van der Waals surface area (Å²) in [6.45, 7) is 6.68. The van der Waals surface area contributed by atoms with Crippen LogP contribution < -0.4 is 16.2 Å². The minimum Gasteiger partial charge on any atom is -0.459 e. The lowest BCUT2D eigenvalue weighted by Crippen LogP contribution is -2.44. The number of fused-ring (bicyclic) bond motifs is 1. The fraction of sp³-hybridized carbons (Fsp3) is 0.304. The first kappa shape index (κ1) is 25.1. The van der Waals surface area contributed by atoms with E-state index >= 15 is 0 Å². The Hall–Kier alpha value is -3.57. The molecule has 0 saturated carbocycles. The zero-order valence-electron chi connectivity index (χ0n) is 19.5. The van der Waals surface area contributed by atoms with Gasteiger partial charge in [-0.2, -0.15) is 0 Å². The first-order valence-electron chi connectivity index (χ1n) is 10.4. The van der Waals surface area contributed by atoms with Gasteiger partial charge in [0.15, 0.2) is 0 Å². The number of aromatic nitrogens is 2. The van der Waals surface area contributed by atoms with Crippen LogP contribution in [0.2, 0.25) is 0 Å². The first-order valence-corrected chi connectivity index (χ1v) is 11.2. The first-order chi connectivity index (χ1) is 16.0. The number of benzene rings is 2. The lowest BCUT2D eigenvalue weighted by molar-refractivity contribution is -0.161. The van der Waals surface area contributed by atoms with Gasteiger partial charge in [-0.25, -0.2) is 20.6 Å². The Bertz CT molecular complexity index is 1200. The normalized spacial score (nSPS) is 12.2. The minimum absolute atomic E-state index is 0.293. The van der Waals surface area contributed by atoms with Gasteiger partial charge in [0.05, 0.1) is 23.8 Å².